The molecule has 198 valence electrons. The molecular weight excluding hydrogens is 521 g/mol. The lowest BCUT2D eigenvalue weighted by atomic mass is 10.1. The molecule has 1 unspecified atom stereocenters. The van der Waals surface area contributed by atoms with Crippen LogP contribution in [0.25, 0.3) is 22.7 Å². The molecule has 0 amide bonds. The molecule has 3 aromatic carbocycles. The van der Waals surface area contributed by atoms with Crippen molar-refractivity contribution in [2.24, 2.45) is 0 Å². The summed E-state index contributed by atoms with van der Waals surface area (Å²) >= 11 is 0. The van der Waals surface area contributed by atoms with Crippen molar-refractivity contribution in [3.63, 3.8) is 0 Å². The van der Waals surface area contributed by atoms with Gasteiger partial charge in [-0.1, -0.05) is 29.9 Å². The molecule has 8 nitrogen and oxygen atoms in total. The summed E-state index contributed by atoms with van der Waals surface area (Å²) in [6, 6.07) is 19.9. The maximum atomic E-state index is 14.7. The van der Waals surface area contributed by atoms with E-state index in [1.54, 1.807) is 41.7 Å². The van der Waals surface area contributed by atoms with Crippen LogP contribution in [0.15, 0.2) is 99.9 Å². The van der Waals surface area contributed by atoms with E-state index in [1.165, 1.54) is 42.2 Å². The number of nitrogens with zero attached hydrogens (tertiary/aromatic N) is 3. The van der Waals surface area contributed by atoms with Crippen LogP contribution in [0, 0.1) is 5.82 Å². The Morgan fingerprint density at radius 3 is 2.51 bits per heavy atom. The minimum Gasteiger partial charge on any atom is -0.497 e. The van der Waals surface area contributed by atoms with E-state index in [4.69, 9.17) is 14.0 Å². The Bertz CT molecular complexity index is 1730. The quantitative estimate of drug-likeness (QED) is 0.243. The highest BCUT2D eigenvalue weighted by Gasteiger charge is 2.21. The number of ether oxygens (including phenoxy) is 2. The van der Waals surface area contributed by atoms with Gasteiger partial charge in [0.25, 0.3) is 5.56 Å². The van der Waals surface area contributed by atoms with Crippen molar-refractivity contribution in [1.82, 2.24) is 9.72 Å². The summed E-state index contributed by atoms with van der Waals surface area (Å²) in [5.41, 5.74) is 1.51. The molecule has 2 aromatic heterocycles. The van der Waals surface area contributed by atoms with Crippen LogP contribution in [0.5, 0.6) is 11.5 Å². The minimum atomic E-state index is -1.69. The van der Waals surface area contributed by atoms with E-state index in [0.717, 1.165) is 5.56 Å². The lowest BCUT2D eigenvalue weighted by Crippen LogP contribution is -2.26. The highest BCUT2D eigenvalue weighted by Crippen LogP contribution is 2.30. The largest absolute Gasteiger partial charge is 0.497 e. The van der Waals surface area contributed by atoms with E-state index in [1.807, 2.05) is 24.3 Å². The maximum Gasteiger partial charge on any atom is 0.255 e. The number of hydrogen-bond acceptors (Lipinski definition) is 6. The SMILES string of the molecule is C=Cc1cc(OC)c(-n2c(=O)ccc3cc(S(=O)N(Cc4ccc(OC)cc4)c4ccon4)ccc32)cc1F. The fourth-order valence-corrected chi connectivity index (χ4v) is 5.41. The second-order valence-electron chi connectivity index (χ2n) is 8.47. The van der Waals surface area contributed by atoms with Crippen LogP contribution in [0.2, 0.25) is 0 Å². The molecule has 0 fully saturated rings. The molecule has 0 aliphatic rings. The smallest absolute Gasteiger partial charge is 0.255 e. The summed E-state index contributed by atoms with van der Waals surface area (Å²) < 4.78 is 47.2. The number of fused-ring (bicyclic) bond motifs is 1. The van der Waals surface area contributed by atoms with E-state index in [0.29, 0.717) is 33.1 Å². The highest BCUT2D eigenvalue weighted by molar-refractivity contribution is 7.86. The number of benzene rings is 3. The molecule has 0 saturated heterocycles. The number of pyridine rings is 1. The van der Waals surface area contributed by atoms with Crippen LogP contribution >= 0.6 is 0 Å². The Morgan fingerprint density at radius 2 is 1.85 bits per heavy atom. The van der Waals surface area contributed by atoms with Crippen LogP contribution < -0.4 is 19.3 Å². The molecule has 39 heavy (non-hydrogen) atoms. The van der Waals surface area contributed by atoms with Gasteiger partial charge in [0.2, 0.25) is 0 Å². The van der Waals surface area contributed by atoms with Crippen molar-refractivity contribution in [3.05, 3.63) is 113 Å². The van der Waals surface area contributed by atoms with Crippen molar-refractivity contribution in [2.45, 2.75) is 11.4 Å². The first-order chi connectivity index (χ1) is 18.9. The molecule has 1 atom stereocenters. The van der Waals surface area contributed by atoms with Crippen molar-refractivity contribution in [3.8, 4) is 17.2 Å². The number of rotatable bonds is 9. The number of methoxy groups -OCH3 is 2. The van der Waals surface area contributed by atoms with Crippen molar-refractivity contribution in [1.29, 1.82) is 0 Å². The van der Waals surface area contributed by atoms with E-state index < -0.39 is 16.8 Å². The maximum absolute atomic E-state index is 14.7. The van der Waals surface area contributed by atoms with E-state index in [-0.39, 0.29) is 23.4 Å². The summed E-state index contributed by atoms with van der Waals surface area (Å²) in [4.78, 5) is 13.4. The van der Waals surface area contributed by atoms with Gasteiger partial charge in [-0.3, -0.25) is 13.7 Å². The van der Waals surface area contributed by atoms with Crippen molar-refractivity contribution < 1.29 is 22.6 Å². The zero-order chi connectivity index (χ0) is 27.5. The number of halogens is 1. The summed E-state index contributed by atoms with van der Waals surface area (Å²) in [6.07, 6.45) is 2.79. The third-order valence-corrected chi connectivity index (χ3v) is 7.57. The van der Waals surface area contributed by atoms with Crippen molar-refractivity contribution in [2.75, 3.05) is 18.5 Å². The fraction of sp³-hybridized carbons (Fsp3) is 0.103. The number of aromatic nitrogens is 2. The van der Waals surface area contributed by atoms with Crippen LogP contribution in [0.4, 0.5) is 10.2 Å². The summed E-state index contributed by atoms with van der Waals surface area (Å²) in [7, 11) is 1.35. The van der Waals surface area contributed by atoms with Crippen LogP contribution in [0.1, 0.15) is 11.1 Å². The second-order valence-corrected chi connectivity index (χ2v) is 9.88. The second kappa shape index (κ2) is 11.0. The Kier molecular flexibility index (Phi) is 7.29. The first-order valence-electron chi connectivity index (χ1n) is 11.8. The summed E-state index contributed by atoms with van der Waals surface area (Å²) in [5.74, 6) is 0.885. The lowest BCUT2D eigenvalue weighted by Gasteiger charge is -2.21. The average molecular weight is 546 g/mol. The third-order valence-electron chi connectivity index (χ3n) is 6.19. The number of anilines is 1. The standard InChI is InChI=1S/C29H24FN3O5S/c1-4-20-16-27(37-3)26(17-24(20)30)33-25-11-10-23(15-21(25)7-12-29(33)34)39(35)32(28-13-14-38-31-28)18-19-5-8-22(36-2)9-6-19/h4-17H,1,18H2,2-3H3. The van der Waals surface area contributed by atoms with E-state index >= 15 is 0 Å². The average Bonchev–Trinajstić information content (AvgIpc) is 3.50. The first-order valence-corrected chi connectivity index (χ1v) is 12.9. The molecule has 0 N–H and O–H groups in total. The zero-order valence-corrected chi connectivity index (χ0v) is 22.0. The monoisotopic (exact) mass is 545 g/mol. The van der Waals surface area contributed by atoms with Crippen molar-refractivity contribution >= 4 is 33.8 Å². The summed E-state index contributed by atoms with van der Waals surface area (Å²) in [5, 5.41) is 4.62. The Labute approximate surface area is 226 Å². The van der Waals surface area contributed by atoms with Crippen LogP contribution in [-0.2, 0) is 17.5 Å². The molecule has 5 aromatic rings. The molecule has 0 spiro atoms. The van der Waals surface area contributed by atoms with Gasteiger partial charge in [-0.2, -0.15) is 0 Å². The Morgan fingerprint density at radius 1 is 1.05 bits per heavy atom. The van der Waals surface area contributed by atoms with Gasteiger partial charge in [-0.15, -0.1) is 0 Å². The van der Waals surface area contributed by atoms with E-state index in [2.05, 4.69) is 11.7 Å². The van der Waals surface area contributed by atoms with Gasteiger partial charge in [0.15, 0.2) is 16.8 Å². The normalized spacial score (nSPS) is 11.8. The molecule has 0 aliphatic carbocycles. The van der Waals surface area contributed by atoms with Crippen LogP contribution in [0.3, 0.4) is 0 Å². The molecule has 5 rings (SSSR count). The van der Waals surface area contributed by atoms with Crippen LogP contribution in [-0.4, -0.2) is 28.2 Å². The van der Waals surface area contributed by atoms with Gasteiger partial charge >= 0.3 is 0 Å². The third kappa shape index (κ3) is 5.06. The Balaban J connectivity index is 1.57. The molecular formula is C29H24FN3O5S. The highest BCUT2D eigenvalue weighted by atomic mass is 32.2. The molecule has 0 radical (unpaired) electrons. The minimum absolute atomic E-state index is 0.244. The van der Waals surface area contributed by atoms with E-state index in [9.17, 15) is 13.4 Å². The lowest BCUT2D eigenvalue weighted by molar-refractivity contribution is 0.411. The topological polar surface area (TPSA) is 86.8 Å². The fourth-order valence-electron chi connectivity index (χ4n) is 4.22. The predicted octanol–water partition coefficient (Wildman–Crippen LogP) is 5.51. The molecule has 0 saturated carbocycles. The summed E-state index contributed by atoms with van der Waals surface area (Å²) in [6.45, 7) is 3.90. The van der Waals surface area contributed by atoms with Gasteiger partial charge in [0.1, 0.15) is 23.6 Å². The van der Waals surface area contributed by atoms with Gasteiger partial charge in [-0.25, -0.2) is 8.60 Å². The number of hydrogen-bond donors (Lipinski definition) is 0. The van der Waals surface area contributed by atoms with Gasteiger partial charge in [0.05, 0.1) is 36.9 Å². The van der Waals surface area contributed by atoms with Gasteiger partial charge < -0.3 is 14.0 Å². The molecule has 0 aliphatic heterocycles. The Hall–Kier alpha value is -4.70. The zero-order valence-electron chi connectivity index (χ0n) is 21.2. The predicted molar refractivity (Wildman–Crippen MR) is 148 cm³/mol. The van der Waals surface area contributed by atoms with Gasteiger partial charge in [-0.05, 0) is 48.0 Å². The van der Waals surface area contributed by atoms with Gasteiger partial charge in [0, 0.05) is 29.1 Å². The molecule has 0 bridgehead atoms. The first kappa shape index (κ1) is 25.9. The molecule has 10 heteroatoms. The molecule has 2 heterocycles.